The third kappa shape index (κ3) is 4.74. The van der Waals surface area contributed by atoms with Crippen LogP contribution in [0.2, 0.25) is 0 Å². The van der Waals surface area contributed by atoms with Crippen molar-refractivity contribution >= 4 is 17.7 Å². The molecule has 0 spiro atoms. The molecule has 3 rings (SSSR count). The van der Waals surface area contributed by atoms with E-state index in [1.807, 2.05) is 48.5 Å². The topological polar surface area (TPSA) is 79.2 Å². The Morgan fingerprint density at radius 2 is 2.00 bits per heavy atom. The van der Waals surface area contributed by atoms with E-state index in [4.69, 9.17) is 14.6 Å². The number of ether oxygens (including phenoxy) is 2. The SMILES string of the molecule is COc1cc(C2SCC(=O)N2CC(O)CO)ccc1OCc1ccccc1. The molecule has 2 unspecified atom stereocenters. The van der Waals surface area contributed by atoms with Gasteiger partial charge in [-0.25, -0.2) is 0 Å². The molecular weight excluding hydrogens is 366 g/mol. The van der Waals surface area contributed by atoms with Crippen molar-refractivity contribution in [2.45, 2.75) is 18.1 Å². The molecule has 1 fully saturated rings. The van der Waals surface area contributed by atoms with Crippen LogP contribution in [0.5, 0.6) is 11.5 Å². The van der Waals surface area contributed by atoms with Crippen LogP contribution in [-0.4, -0.2) is 53.1 Å². The van der Waals surface area contributed by atoms with Crippen molar-refractivity contribution in [3.05, 3.63) is 59.7 Å². The number of benzene rings is 2. The predicted octanol–water partition coefficient (Wildman–Crippen LogP) is 2.20. The van der Waals surface area contributed by atoms with Gasteiger partial charge >= 0.3 is 0 Å². The summed E-state index contributed by atoms with van der Waals surface area (Å²) in [5, 5.41) is 18.6. The Balaban J connectivity index is 1.75. The van der Waals surface area contributed by atoms with Crippen LogP contribution in [0.4, 0.5) is 0 Å². The van der Waals surface area contributed by atoms with Gasteiger partial charge in [0.1, 0.15) is 12.0 Å². The number of hydrogen-bond donors (Lipinski definition) is 2. The first-order valence-corrected chi connectivity index (χ1v) is 9.72. The smallest absolute Gasteiger partial charge is 0.233 e. The largest absolute Gasteiger partial charge is 0.493 e. The predicted molar refractivity (Wildman–Crippen MR) is 104 cm³/mol. The number of carbonyl (C=O) groups excluding carboxylic acids is 1. The van der Waals surface area contributed by atoms with Crippen LogP contribution < -0.4 is 9.47 Å². The summed E-state index contributed by atoms with van der Waals surface area (Å²) in [6, 6.07) is 15.5. The molecule has 0 aliphatic carbocycles. The number of amides is 1. The Morgan fingerprint density at radius 3 is 2.70 bits per heavy atom. The molecule has 1 heterocycles. The highest BCUT2D eigenvalue weighted by Gasteiger charge is 2.34. The lowest BCUT2D eigenvalue weighted by Crippen LogP contribution is -2.37. The zero-order chi connectivity index (χ0) is 19.2. The summed E-state index contributed by atoms with van der Waals surface area (Å²) >= 11 is 1.49. The lowest BCUT2D eigenvalue weighted by molar-refractivity contribution is -0.129. The quantitative estimate of drug-likeness (QED) is 0.721. The van der Waals surface area contributed by atoms with Crippen molar-refractivity contribution in [1.82, 2.24) is 4.90 Å². The molecule has 1 amide bonds. The number of rotatable bonds is 8. The molecule has 2 atom stereocenters. The maximum absolute atomic E-state index is 12.1. The van der Waals surface area contributed by atoms with Crippen molar-refractivity contribution in [3.8, 4) is 11.5 Å². The van der Waals surface area contributed by atoms with Crippen molar-refractivity contribution in [1.29, 1.82) is 0 Å². The highest BCUT2D eigenvalue weighted by atomic mass is 32.2. The van der Waals surface area contributed by atoms with Gasteiger partial charge in [0, 0.05) is 0 Å². The molecule has 2 aromatic rings. The summed E-state index contributed by atoms with van der Waals surface area (Å²) in [5.74, 6) is 1.51. The molecule has 1 aliphatic heterocycles. The normalized spacial score (nSPS) is 17.8. The average Bonchev–Trinajstić information content (AvgIpc) is 3.07. The van der Waals surface area contributed by atoms with Crippen molar-refractivity contribution in [2.24, 2.45) is 0 Å². The van der Waals surface area contributed by atoms with Gasteiger partial charge < -0.3 is 24.6 Å². The number of carbonyl (C=O) groups is 1. The lowest BCUT2D eigenvalue weighted by atomic mass is 10.1. The highest BCUT2D eigenvalue weighted by molar-refractivity contribution is 8.00. The molecule has 0 radical (unpaired) electrons. The van der Waals surface area contributed by atoms with E-state index < -0.39 is 6.10 Å². The molecular formula is C20H23NO5S. The molecule has 1 saturated heterocycles. The Labute approximate surface area is 162 Å². The fraction of sp³-hybridized carbons (Fsp3) is 0.350. The molecule has 0 bridgehead atoms. The number of aliphatic hydroxyl groups excluding tert-OH is 2. The second-order valence-electron chi connectivity index (χ2n) is 6.23. The first kappa shape index (κ1) is 19.5. The van der Waals surface area contributed by atoms with Crippen LogP contribution in [0.15, 0.2) is 48.5 Å². The van der Waals surface area contributed by atoms with Crippen molar-refractivity contribution in [2.75, 3.05) is 26.0 Å². The van der Waals surface area contributed by atoms with Gasteiger partial charge in [0.05, 0.1) is 32.1 Å². The van der Waals surface area contributed by atoms with E-state index >= 15 is 0 Å². The van der Waals surface area contributed by atoms with Crippen molar-refractivity contribution < 1.29 is 24.5 Å². The first-order chi connectivity index (χ1) is 13.1. The molecule has 144 valence electrons. The molecule has 0 aromatic heterocycles. The van der Waals surface area contributed by atoms with Gasteiger partial charge in [-0.2, -0.15) is 0 Å². The van der Waals surface area contributed by atoms with Gasteiger partial charge in [-0.1, -0.05) is 36.4 Å². The monoisotopic (exact) mass is 389 g/mol. The number of methoxy groups -OCH3 is 1. The third-order valence-electron chi connectivity index (χ3n) is 4.30. The zero-order valence-corrected chi connectivity index (χ0v) is 15.9. The van der Waals surface area contributed by atoms with E-state index in [0.717, 1.165) is 11.1 Å². The average molecular weight is 389 g/mol. The van der Waals surface area contributed by atoms with Gasteiger partial charge in [-0.05, 0) is 23.3 Å². The van der Waals surface area contributed by atoms with E-state index in [1.165, 1.54) is 11.8 Å². The summed E-state index contributed by atoms with van der Waals surface area (Å²) in [4.78, 5) is 13.7. The second kappa shape index (κ2) is 9.12. The van der Waals surface area contributed by atoms with E-state index in [0.29, 0.717) is 23.9 Å². The lowest BCUT2D eigenvalue weighted by Gasteiger charge is -2.26. The van der Waals surface area contributed by atoms with Gasteiger partial charge in [0.2, 0.25) is 5.91 Å². The maximum Gasteiger partial charge on any atom is 0.233 e. The maximum atomic E-state index is 12.1. The standard InChI is InChI=1S/C20H23NO5S/c1-25-18-9-15(20-21(10-16(23)11-22)19(24)13-27-20)7-8-17(18)26-12-14-5-3-2-4-6-14/h2-9,16,20,22-23H,10-13H2,1H3. The Bertz CT molecular complexity index is 770. The van der Waals surface area contributed by atoms with Gasteiger partial charge in [-0.15, -0.1) is 11.8 Å². The van der Waals surface area contributed by atoms with Gasteiger partial charge in [0.15, 0.2) is 11.5 Å². The third-order valence-corrected chi connectivity index (χ3v) is 5.55. The fourth-order valence-corrected chi connectivity index (χ4v) is 4.09. The van der Waals surface area contributed by atoms with Crippen LogP contribution >= 0.6 is 11.8 Å². The molecule has 2 aromatic carbocycles. The molecule has 7 heteroatoms. The minimum absolute atomic E-state index is 0.0547. The molecule has 6 nitrogen and oxygen atoms in total. The summed E-state index contributed by atoms with van der Waals surface area (Å²) < 4.78 is 11.3. The van der Waals surface area contributed by atoms with Crippen LogP contribution in [0, 0.1) is 0 Å². The minimum atomic E-state index is -0.953. The number of β-amino-alcohol motifs (C(OH)–C–C–N with tert-alkyl or cyclic N) is 1. The Morgan fingerprint density at radius 1 is 1.22 bits per heavy atom. The Kier molecular flexibility index (Phi) is 6.60. The molecule has 0 saturated carbocycles. The second-order valence-corrected chi connectivity index (χ2v) is 7.30. The van der Waals surface area contributed by atoms with Crippen molar-refractivity contribution in [3.63, 3.8) is 0 Å². The fourth-order valence-electron chi connectivity index (χ4n) is 2.90. The number of nitrogens with zero attached hydrogens (tertiary/aromatic N) is 1. The van der Waals surface area contributed by atoms with Crippen LogP contribution in [0.25, 0.3) is 0 Å². The molecule has 2 N–H and O–H groups in total. The van der Waals surface area contributed by atoms with Gasteiger partial charge in [-0.3, -0.25) is 4.79 Å². The summed E-state index contributed by atoms with van der Waals surface area (Å²) in [7, 11) is 1.58. The first-order valence-electron chi connectivity index (χ1n) is 8.67. The Hall–Kier alpha value is -2.22. The summed E-state index contributed by atoms with van der Waals surface area (Å²) in [6.07, 6.45) is -0.953. The summed E-state index contributed by atoms with van der Waals surface area (Å²) in [5.41, 5.74) is 1.95. The van der Waals surface area contributed by atoms with E-state index in [2.05, 4.69) is 0 Å². The van der Waals surface area contributed by atoms with Crippen LogP contribution in [0.3, 0.4) is 0 Å². The van der Waals surface area contributed by atoms with E-state index in [1.54, 1.807) is 12.0 Å². The van der Waals surface area contributed by atoms with Crippen LogP contribution in [-0.2, 0) is 11.4 Å². The summed E-state index contributed by atoms with van der Waals surface area (Å²) in [6.45, 7) is 0.153. The van der Waals surface area contributed by atoms with Crippen LogP contribution in [0.1, 0.15) is 16.5 Å². The number of hydrogen-bond acceptors (Lipinski definition) is 6. The zero-order valence-electron chi connectivity index (χ0n) is 15.1. The molecule has 27 heavy (non-hydrogen) atoms. The molecule has 1 aliphatic rings. The van der Waals surface area contributed by atoms with E-state index in [-0.39, 0.29) is 24.4 Å². The minimum Gasteiger partial charge on any atom is -0.493 e. The van der Waals surface area contributed by atoms with E-state index in [9.17, 15) is 9.90 Å². The number of aliphatic hydroxyl groups is 2. The highest BCUT2D eigenvalue weighted by Crippen LogP contribution is 2.41. The number of thioether (sulfide) groups is 1. The van der Waals surface area contributed by atoms with Gasteiger partial charge in [0.25, 0.3) is 0 Å².